The summed E-state index contributed by atoms with van der Waals surface area (Å²) in [7, 11) is 3.25. The van der Waals surface area contributed by atoms with Gasteiger partial charge in [-0.25, -0.2) is 4.79 Å². The Kier molecular flexibility index (Phi) is 9.85. The van der Waals surface area contributed by atoms with E-state index in [9.17, 15) is 18.0 Å². The number of alkyl halides is 3. The lowest BCUT2D eigenvalue weighted by atomic mass is 10.0. The van der Waals surface area contributed by atoms with Crippen LogP contribution >= 0.6 is 0 Å². The van der Waals surface area contributed by atoms with Gasteiger partial charge in [-0.3, -0.25) is 4.57 Å². The number of unbranched alkanes of at least 4 members (excludes halogenated alkanes) is 7. The molecular formula is C26H37F3N2O. The molecule has 0 radical (unpaired) electrons. The highest BCUT2D eigenvalue weighted by atomic mass is 19.4. The van der Waals surface area contributed by atoms with Crippen LogP contribution in [0.4, 0.5) is 18.0 Å². The molecule has 0 saturated heterocycles. The minimum Gasteiger partial charge on any atom is -0.330 e. The SMILES string of the molecule is CCCCCC/C=C/c1c(CCCCCC)c2ccc(C(F)(F)F)cc2n1C(=O)N(C)C. The van der Waals surface area contributed by atoms with Crippen LogP contribution in [0.2, 0.25) is 0 Å². The first-order chi connectivity index (χ1) is 15.2. The van der Waals surface area contributed by atoms with Crippen LogP contribution in [0.5, 0.6) is 0 Å². The Balaban J connectivity index is 2.57. The first-order valence-corrected chi connectivity index (χ1v) is 11.8. The van der Waals surface area contributed by atoms with Crippen LogP contribution in [0.3, 0.4) is 0 Å². The van der Waals surface area contributed by atoms with Gasteiger partial charge in [0.1, 0.15) is 0 Å². The number of rotatable bonds is 11. The van der Waals surface area contributed by atoms with E-state index in [1.807, 2.05) is 6.08 Å². The zero-order chi connectivity index (χ0) is 23.7. The fourth-order valence-electron chi connectivity index (χ4n) is 4.01. The van der Waals surface area contributed by atoms with E-state index in [4.69, 9.17) is 0 Å². The number of hydrogen-bond donors (Lipinski definition) is 0. The predicted octanol–water partition coefficient (Wildman–Crippen LogP) is 8.30. The number of aryl methyl sites for hydroxylation is 1. The third-order valence-electron chi connectivity index (χ3n) is 5.80. The van der Waals surface area contributed by atoms with Crippen LogP contribution in [-0.4, -0.2) is 29.6 Å². The molecule has 1 heterocycles. The van der Waals surface area contributed by atoms with Gasteiger partial charge in [0, 0.05) is 19.5 Å². The van der Waals surface area contributed by atoms with E-state index in [1.54, 1.807) is 14.1 Å². The molecule has 6 heteroatoms. The third-order valence-corrected chi connectivity index (χ3v) is 5.80. The molecular weight excluding hydrogens is 413 g/mol. The molecule has 0 saturated carbocycles. The van der Waals surface area contributed by atoms with Gasteiger partial charge >= 0.3 is 12.2 Å². The second-order valence-corrected chi connectivity index (χ2v) is 8.67. The Morgan fingerprint density at radius 1 is 1.00 bits per heavy atom. The molecule has 0 fully saturated rings. The average molecular weight is 451 g/mol. The number of aromatic nitrogens is 1. The fraction of sp³-hybridized carbons (Fsp3) is 0.577. The summed E-state index contributed by atoms with van der Waals surface area (Å²) in [6, 6.07) is 3.44. The summed E-state index contributed by atoms with van der Waals surface area (Å²) >= 11 is 0. The molecule has 1 aromatic heterocycles. The number of hydrogen-bond acceptors (Lipinski definition) is 1. The van der Waals surface area contributed by atoms with Crippen molar-refractivity contribution in [3.8, 4) is 0 Å². The molecule has 0 aliphatic rings. The molecule has 178 valence electrons. The summed E-state index contributed by atoms with van der Waals surface area (Å²) in [6.45, 7) is 4.31. The standard InChI is InChI=1S/C26H37F3N2O/c1-5-7-9-11-12-14-16-23-21(15-13-10-8-6-2)22-18-17-20(26(27,28)29)19-24(22)31(23)25(32)30(3)4/h14,16-19H,5-13,15H2,1-4H3/b16-14+. The highest BCUT2D eigenvalue weighted by Gasteiger charge is 2.32. The second kappa shape index (κ2) is 12.1. The minimum atomic E-state index is -4.46. The summed E-state index contributed by atoms with van der Waals surface area (Å²) in [5.41, 5.74) is 1.27. The molecule has 0 atom stereocenters. The van der Waals surface area contributed by atoms with Gasteiger partial charge in [-0.1, -0.05) is 64.5 Å². The Morgan fingerprint density at radius 2 is 1.66 bits per heavy atom. The highest BCUT2D eigenvalue weighted by Crippen LogP contribution is 2.35. The van der Waals surface area contributed by atoms with E-state index < -0.39 is 11.7 Å². The molecule has 0 unspecified atom stereocenters. The van der Waals surface area contributed by atoms with Crippen molar-refractivity contribution in [2.45, 2.75) is 84.2 Å². The maximum Gasteiger partial charge on any atom is 0.416 e. The number of nitrogens with zero attached hydrogens (tertiary/aromatic N) is 2. The maximum absolute atomic E-state index is 13.4. The number of carbonyl (C=O) groups excluding carboxylic acids is 1. The van der Waals surface area contributed by atoms with Gasteiger partial charge in [0.05, 0.1) is 16.8 Å². The minimum absolute atomic E-state index is 0.328. The van der Waals surface area contributed by atoms with E-state index in [2.05, 4.69) is 19.9 Å². The van der Waals surface area contributed by atoms with Crippen molar-refractivity contribution in [2.75, 3.05) is 14.1 Å². The number of fused-ring (bicyclic) bond motifs is 1. The topological polar surface area (TPSA) is 25.2 Å². The molecule has 0 bridgehead atoms. The lowest BCUT2D eigenvalue weighted by Crippen LogP contribution is -2.28. The number of benzene rings is 1. The van der Waals surface area contributed by atoms with Crippen LogP contribution in [0.1, 0.15) is 88.5 Å². The molecule has 32 heavy (non-hydrogen) atoms. The fourth-order valence-corrected chi connectivity index (χ4v) is 4.01. The molecule has 0 spiro atoms. The quantitative estimate of drug-likeness (QED) is 0.316. The smallest absolute Gasteiger partial charge is 0.330 e. The zero-order valence-electron chi connectivity index (χ0n) is 19.9. The maximum atomic E-state index is 13.4. The van der Waals surface area contributed by atoms with Crippen molar-refractivity contribution in [3.63, 3.8) is 0 Å². The molecule has 1 amide bonds. The zero-order valence-corrected chi connectivity index (χ0v) is 19.9. The normalized spacial score (nSPS) is 12.2. The van der Waals surface area contributed by atoms with Crippen LogP contribution < -0.4 is 0 Å². The number of halogens is 3. The molecule has 0 N–H and O–H groups in total. The van der Waals surface area contributed by atoms with E-state index in [0.717, 1.165) is 74.4 Å². The second-order valence-electron chi connectivity index (χ2n) is 8.67. The molecule has 0 aliphatic carbocycles. The summed E-state index contributed by atoms with van der Waals surface area (Å²) < 4.78 is 41.8. The van der Waals surface area contributed by atoms with Gasteiger partial charge in [0.25, 0.3) is 0 Å². The molecule has 0 aliphatic heterocycles. The van der Waals surface area contributed by atoms with Crippen LogP contribution in [-0.2, 0) is 12.6 Å². The average Bonchev–Trinajstić information content (AvgIpc) is 3.05. The van der Waals surface area contributed by atoms with Gasteiger partial charge in [0.15, 0.2) is 0 Å². The van der Waals surface area contributed by atoms with Gasteiger partial charge in [-0.05, 0) is 49.5 Å². The van der Waals surface area contributed by atoms with Crippen LogP contribution in [0.15, 0.2) is 24.3 Å². The van der Waals surface area contributed by atoms with Crippen molar-refractivity contribution in [1.29, 1.82) is 0 Å². The van der Waals surface area contributed by atoms with E-state index >= 15 is 0 Å². The first-order valence-electron chi connectivity index (χ1n) is 11.8. The molecule has 2 rings (SSSR count). The number of allylic oxidation sites excluding steroid dienone is 1. The Morgan fingerprint density at radius 3 is 2.25 bits per heavy atom. The highest BCUT2D eigenvalue weighted by molar-refractivity contribution is 5.98. The monoisotopic (exact) mass is 450 g/mol. The third kappa shape index (κ3) is 6.63. The van der Waals surface area contributed by atoms with Gasteiger partial charge in [-0.2, -0.15) is 13.2 Å². The molecule has 2 aromatic rings. The molecule has 3 nitrogen and oxygen atoms in total. The van der Waals surface area contributed by atoms with Gasteiger partial charge < -0.3 is 4.90 Å². The number of amides is 1. The van der Waals surface area contributed by atoms with Gasteiger partial charge in [0.2, 0.25) is 0 Å². The van der Waals surface area contributed by atoms with Crippen LogP contribution in [0.25, 0.3) is 17.0 Å². The summed E-state index contributed by atoms with van der Waals surface area (Å²) in [5.74, 6) is 0. The lowest BCUT2D eigenvalue weighted by molar-refractivity contribution is -0.137. The predicted molar refractivity (Wildman–Crippen MR) is 127 cm³/mol. The number of carbonyl (C=O) groups is 1. The summed E-state index contributed by atoms with van der Waals surface area (Å²) in [5, 5.41) is 0.732. The van der Waals surface area contributed by atoms with E-state index in [0.29, 0.717) is 11.2 Å². The Labute approximate surface area is 190 Å². The van der Waals surface area contributed by atoms with Gasteiger partial charge in [-0.15, -0.1) is 0 Å². The summed E-state index contributed by atoms with van der Waals surface area (Å²) in [6.07, 6.45) is 9.99. The lowest BCUT2D eigenvalue weighted by Gasteiger charge is -2.15. The largest absolute Gasteiger partial charge is 0.416 e. The Bertz CT molecular complexity index is 910. The van der Waals surface area contributed by atoms with Crippen molar-refractivity contribution >= 4 is 23.0 Å². The molecule has 1 aromatic carbocycles. The summed E-state index contributed by atoms with van der Waals surface area (Å²) in [4.78, 5) is 14.5. The van der Waals surface area contributed by atoms with Crippen molar-refractivity contribution in [2.24, 2.45) is 0 Å². The van der Waals surface area contributed by atoms with Crippen molar-refractivity contribution in [3.05, 3.63) is 41.1 Å². The Hall–Kier alpha value is -2.24. The van der Waals surface area contributed by atoms with Crippen LogP contribution in [0, 0.1) is 0 Å². The van der Waals surface area contributed by atoms with Crippen molar-refractivity contribution in [1.82, 2.24) is 9.47 Å². The van der Waals surface area contributed by atoms with E-state index in [1.165, 1.54) is 28.4 Å². The van der Waals surface area contributed by atoms with Crippen molar-refractivity contribution < 1.29 is 18.0 Å². The first kappa shape index (κ1) is 26.0. The van der Waals surface area contributed by atoms with E-state index in [-0.39, 0.29) is 6.03 Å².